The van der Waals surface area contributed by atoms with E-state index in [1.54, 1.807) is 57.2 Å². The van der Waals surface area contributed by atoms with Crippen molar-refractivity contribution in [2.24, 2.45) is 9.98 Å². The van der Waals surface area contributed by atoms with E-state index in [9.17, 15) is 19.2 Å². The number of Topliss-reactive ketones (excluding diaryl/α,β-unsaturated/α-hetero) is 1. The van der Waals surface area contributed by atoms with Crippen LogP contribution in [-0.4, -0.2) is 211 Å². The van der Waals surface area contributed by atoms with Crippen LogP contribution in [0, 0.1) is 0 Å². The molecule has 0 spiro atoms. The lowest BCUT2D eigenvalue weighted by molar-refractivity contribution is -0.119. The Morgan fingerprint density at radius 3 is 1.63 bits per heavy atom. The molecular formula is C62H83N7O13S. The fraction of sp³-hybridized carbons (Fsp3) is 0.548. The number of thioether (sulfide) groups is 1. The summed E-state index contributed by atoms with van der Waals surface area (Å²) in [5, 5.41) is 2.96. The fourth-order valence-electron chi connectivity index (χ4n) is 10.4. The highest BCUT2D eigenvalue weighted by Gasteiger charge is 2.36. The largest absolute Gasteiger partial charge is 0.493 e. The van der Waals surface area contributed by atoms with Gasteiger partial charge in [0, 0.05) is 94.6 Å². The summed E-state index contributed by atoms with van der Waals surface area (Å²) in [6.45, 7) is 20.9. The maximum Gasteiger partial charge on any atom is 0.257 e. The molecule has 5 aliphatic rings. The predicted molar refractivity (Wildman–Crippen MR) is 320 cm³/mol. The van der Waals surface area contributed by atoms with E-state index in [2.05, 4.69) is 41.1 Å². The van der Waals surface area contributed by atoms with E-state index in [-0.39, 0.29) is 53.5 Å². The third-order valence-corrected chi connectivity index (χ3v) is 16.4. The average Bonchev–Trinajstić information content (AvgIpc) is 4.31. The van der Waals surface area contributed by atoms with Crippen LogP contribution in [0.5, 0.6) is 28.7 Å². The van der Waals surface area contributed by atoms with Gasteiger partial charge >= 0.3 is 0 Å². The van der Waals surface area contributed by atoms with Crippen molar-refractivity contribution in [1.82, 2.24) is 24.9 Å². The monoisotopic (exact) mass is 1170 g/mol. The number of allylic oxidation sites excluding steroid dienone is 2. The molecule has 3 saturated heterocycles. The number of carbonyl (C=O) groups is 4. The van der Waals surface area contributed by atoms with Crippen LogP contribution >= 0.6 is 11.8 Å². The minimum Gasteiger partial charge on any atom is -0.493 e. The van der Waals surface area contributed by atoms with Gasteiger partial charge in [-0.25, -0.2) is 0 Å². The van der Waals surface area contributed by atoms with Gasteiger partial charge in [-0.15, -0.1) is 11.8 Å². The van der Waals surface area contributed by atoms with Crippen molar-refractivity contribution in [2.45, 2.75) is 83.9 Å². The number of fused-ring (bicyclic) bond motifs is 4. The first-order valence-electron chi connectivity index (χ1n) is 28.8. The Labute approximate surface area is 492 Å². The molecular weight excluding hydrogens is 1080 g/mol. The highest BCUT2D eigenvalue weighted by atomic mass is 32.2. The van der Waals surface area contributed by atoms with Crippen molar-refractivity contribution in [2.75, 3.05) is 138 Å². The second-order valence-electron chi connectivity index (χ2n) is 21.7. The van der Waals surface area contributed by atoms with Crippen LogP contribution in [0.15, 0.2) is 75.7 Å². The van der Waals surface area contributed by atoms with Gasteiger partial charge < -0.3 is 57.7 Å². The number of ether oxygens (including phenoxy) is 9. The first kappa shape index (κ1) is 62.7. The third-order valence-electron chi connectivity index (χ3n) is 15.1. The molecule has 450 valence electrons. The van der Waals surface area contributed by atoms with Gasteiger partial charge in [0.1, 0.15) is 31.4 Å². The number of nitrogens with zero attached hydrogens (tertiary/aromatic N) is 6. The standard InChI is InChI=1S/C62H83N7O13S/c1-8-44-27-48-35-64-53-33-57(55(74-6)31-51(53)60(72)68(48)37-44)81-39-46-26-47(40-82-58-34-54-52(32-56(58)75-7)61(73)69-38-45(9-2)28-49(69)36-65-54)30-50(29-46)80-19-16-66-12-14-67(15-13-66)42-62(4,5)83-41-59(71)63-11-18-77-21-23-79-25-24-78-22-20-76-17-10-43(3)70/h8-9,26,29-36,48-49H,10-25,27-28,37-42H2,1-7H3,(H,63,71)/b44-8+,45-9+/t48-,49-/m0/s1. The van der Waals surface area contributed by atoms with Crippen molar-refractivity contribution < 1.29 is 61.8 Å². The number of hydrogen-bond acceptors (Lipinski definition) is 18. The van der Waals surface area contributed by atoms with Gasteiger partial charge in [0.25, 0.3) is 11.8 Å². The summed E-state index contributed by atoms with van der Waals surface area (Å²) in [6, 6.07) is 12.7. The number of nitrogens with one attached hydrogen (secondary N) is 1. The molecule has 2 atom stereocenters. The molecule has 3 amide bonds. The van der Waals surface area contributed by atoms with Gasteiger partial charge in [0.05, 0.1) is 107 Å². The Morgan fingerprint density at radius 1 is 0.639 bits per heavy atom. The minimum atomic E-state index is -0.129. The Bertz CT molecular complexity index is 2710. The molecule has 0 aromatic heterocycles. The molecule has 21 heteroatoms. The molecule has 5 heterocycles. The van der Waals surface area contributed by atoms with Crippen LogP contribution < -0.4 is 29.0 Å². The molecule has 8 rings (SSSR count). The second-order valence-corrected chi connectivity index (χ2v) is 23.4. The highest BCUT2D eigenvalue weighted by molar-refractivity contribution is 8.01. The van der Waals surface area contributed by atoms with E-state index < -0.39 is 0 Å². The summed E-state index contributed by atoms with van der Waals surface area (Å²) < 4.78 is 52.9. The zero-order valence-electron chi connectivity index (χ0n) is 49.4. The molecule has 3 aromatic carbocycles. The molecule has 0 aliphatic carbocycles. The third kappa shape index (κ3) is 18.1. The van der Waals surface area contributed by atoms with Crippen molar-refractivity contribution in [3.63, 3.8) is 0 Å². The highest BCUT2D eigenvalue weighted by Crippen LogP contribution is 2.41. The van der Waals surface area contributed by atoms with E-state index in [0.29, 0.717) is 143 Å². The molecule has 0 radical (unpaired) electrons. The molecule has 0 saturated carbocycles. The molecule has 1 N–H and O–H groups in total. The Kier molecular flexibility index (Phi) is 23.4. The maximum atomic E-state index is 13.8. The van der Waals surface area contributed by atoms with E-state index in [1.165, 1.54) is 11.1 Å². The van der Waals surface area contributed by atoms with Crippen LogP contribution in [0.4, 0.5) is 11.4 Å². The van der Waals surface area contributed by atoms with E-state index in [0.717, 1.165) is 63.2 Å². The molecule has 20 nitrogen and oxygen atoms in total. The van der Waals surface area contributed by atoms with Crippen molar-refractivity contribution in [3.8, 4) is 28.7 Å². The number of methoxy groups -OCH3 is 2. The molecule has 0 unspecified atom stereocenters. The fourth-order valence-corrected chi connectivity index (χ4v) is 11.3. The summed E-state index contributed by atoms with van der Waals surface area (Å²) in [5.41, 5.74) is 6.04. The van der Waals surface area contributed by atoms with Gasteiger partial charge in [-0.05, 0) is 88.9 Å². The lowest BCUT2D eigenvalue weighted by Crippen LogP contribution is -2.50. The minimum absolute atomic E-state index is 0.0152. The lowest BCUT2D eigenvalue weighted by atomic mass is 10.1. The van der Waals surface area contributed by atoms with Crippen LogP contribution in [0.1, 0.15) is 85.7 Å². The number of hydrogen-bond donors (Lipinski definition) is 1. The lowest BCUT2D eigenvalue weighted by Gasteiger charge is -2.38. The van der Waals surface area contributed by atoms with Crippen molar-refractivity contribution in [1.29, 1.82) is 0 Å². The van der Waals surface area contributed by atoms with Gasteiger partial charge in [0.15, 0.2) is 23.0 Å². The van der Waals surface area contributed by atoms with Crippen LogP contribution in [-0.2, 0) is 41.8 Å². The second kappa shape index (κ2) is 31.0. The van der Waals surface area contributed by atoms with Gasteiger partial charge in [-0.2, -0.15) is 0 Å². The number of aliphatic imine (C=N–C) groups is 2. The van der Waals surface area contributed by atoms with Crippen molar-refractivity contribution >= 4 is 59.1 Å². The molecule has 83 heavy (non-hydrogen) atoms. The molecule has 0 bridgehead atoms. The summed E-state index contributed by atoms with van der Waals surface area (Å²) >= 11 is 1.66. The van der Waals surface area contributed by atoms with Crippen molar-refractivity contribution in [3.05, 3.63) is 88.0 Å². The Morgan fingerprint density at radius 2 is 1.13 bits per heavy atom. The predicted octanol–water partition coefficient (Wildman–Crippen LogP) is 7.29. The van der Waals surface area contributed by atoms with Gasteiger partial charge in [-0.3, -0.25) is 39.0 Å². The molecule has 3 fully saturated rings. The van der Waals surface area contributed by atoms with Gasteiger partial charge in [0.2, 0.25) is 5.91 Å². The maximum absolute atomic E-state index is 13.8. The number of ketones is 1. The zero-order valence-corrected chi connectivity index (χ0v) is 50.2. The number of piperazine rings is 1. The van der Waals surface area contributed by atoms with E-state index >= 15 is 0 Å². The molecule has 3 aromatic rings. The van der Waals surface area contributed by atoms with Crippen LogP contribution in [0.25, 0.3) is 0 Å². The summed E-state index contributed by atoms with van der Waals surface area (Å²) in [4.78, 5) is 69.4. The van der Waals surface area contributed by atoms with Crippen LogP contribution in [0.2, 0.25) is 0 Å². The number of rotatable bonds is 32. The topological polar surface area (TPSA) is 201 Å². The smallest absolute Gasteiger partial charge is 0.257 e. The number of benzene rings is 3. The van der Waals surface area contributed by atoms with E-state index in [4.69, 9.17) is 52.6 Å². The summed E-state index contributed by atoms with van der Waals surface area (Å²) in [7, 11) is 3.12. The molecule has 5 aliphatic heterocycles. The quantitative estimate of drug-likeness (QED) is 0.0482. The SMILES string of the molecule is C/C=C1\C[C@H]2C=Nc3cc(OCc4cc(COc5cc6c(cc5OC)C(=O)N5C/C(=C/C)C[C@H]5C=N6)cc(OCCN5CCN(CC(C)(C)SCC(=O)NCCOCCOCCOCCOCCC(C)=O)CC5)c4)c(OC)cc3C(=O)N2C1. The normalized spacial score (nSPS) is 18.9. The van der Waals surface area contributed by atoms with Gasteiger partial charge in [-0.1, -0.05) is 23.3 Å². The Hall–Kier alpha value is -6.33. The Balaban J connectivity index is 0.815. The number of amides is 3. The first-order valence-corrected chi connectivity index (χ1v) is 29.8. The van der Waals surface area contributed by atoms with E-state index in [1.807, 2.05) is 54.3 Å². The summed E-state index contributed by atoms with van der Waals surface area (Å²) in [6.07, 6.45) is 9.77. The summed E-state index contributed by atoms with van der Waals surface area (Å²) in [5.74, 6) is 2.68. The number of carbonyl (C=O) groups excluding carboxylic acids is 4. The average molecular weight is 1170 g/mol. The zero-order chi connectivity index (χ0) is 58.7. The first-order chi connectivity index (χ1) is 40.2. The van der Waals surface area contributed by atoms with Crippen LogP contribution in [0.3, 0.4) is 0 Å².